The van der Waals surface area contributed by atoms with E-state index in [4.69, 9.17) is 0 Å². The molecular weight excluding hydrogens is 302 g/mol. The van der Waals surface area contributed by atoms with Crippen molar-refractivity contribution in [1.29, 1.82) is 0 Å². The average Bonchev–Trinajstić information content (AvgIpc) is 2.50. The van der Waals surface area contributed by atoms with Crippen molar-refractivity contribution >= 4 is 5.97 Å². The highest BCUT2D eigenvalue weighted by atomic mass is 16.4. The molecule has 1 N–H and O–H groups in total. The molecule has 1 aromatic carbocycles. The molecule has 1 aliphatic rings. The Morgan fingerprint density at radius 2 is 1.88 bits per heavy atom. The number of hydrogen-bond acceptors (Lipinski definition) is 4. The fourth-order valence-electron chi connectivity index (χ4n) is 3.47. The maximum atomic E-state index is 11.9. The highest BCUT2D eigenvalue weighted by molar-refractivity contribution is 5.76. The summed E-state index contributed by atoms with van der Waals surface area (Å²) in [5.41, 5.74) is 3.16. The van der Waals surface area contributed by atoms with Crippen molar-refractivity contribution in [3.05, 3.63) is 34.9 Å². The lowest BCUT2D eigenvalue weighted by atomic mass is 9.97. The van der Waals surface area contributed by atoms with Crippen molar-refractivity contribution in [3.63, 3.8) is 0 Å². The number of rotatable bonds is 7. The Labute approximate surface area is 145 Å². The van der Waals surface area contributed by atoms with Gasteiger partial charge in [-0.1, -0.05) is 23.8 Å². The zero-order valence-electron chi connectivity index (χ0n) is 15.5. The van der Waals surface area contributed by atoms with Crippen molar-refractivity contribution in [2.75, 3.05) is 53.4 Å². The van der Waals surface area contributed by atoms with Crippen LogP contribution in [0.3, 0.4) is 0 Å². The summed E-state index contributed by atoms with van der Waals surface area (Å²) in [6.07, 6.45) is 1.16. The molecule has 1 saturated heterocycles. The Hall–Kier alpha value is -1.43. The number of aliphatic carboxylic acids is 1. The Morgan fingerprint density at radius 1 is 1.21 bits per heavy atom. The second-order valence-corrected chi connectivity index (χ2v) is 7.14. The maximum Gasteiger partial charge on any atom is 0.325 e. The molecular formula is C19H31N3O2. The van der Waals surface area contributed by atoms with Gasteiger partial charge in [0.25, 0.3) is 0 Å². The molecule has 1 fully saturated rings. The molecule has 1 heterocycles. The second-order valence-electron chi connectivity index (χ2n) is 7.14. The van der Waals surface area contributed by atoms with Gasteiger partial charge >= 0.3 is 5.97 Å². The van der Waals surface area contributed by atoms with Crippen LogP contribution in [-0.2, 0) is 4.79 Å². The van der Waals surface area contributed by atoms with Crippen LogP contribution in [-0.4, -0.2) is 79.1 Å². The number of nitrogens with zero attached hydrogens (tertiary/aromatic N) is 3. The van der Waals surface area contributed by atoms with Crippen LogP contribution < -0.4 is 0 Å². The molecule has 24 heavy (non-hydrogen) atoms. The lowest BCUT2D eigenvalue weighted by Crippen LogP contribution is -2.49. The summed E-state index contributed by atoms with van der Waals surface area (Å²) in [6.45, 7) is 9.76. The van der Waals surface area contributed by atoms with Crippen LogP contribution in [0.15, 0.2) is 18.2 Å². The highest BCUT2D eigenvalue weighted by Crippen LogP contribution is 2.26. The smallest absolute Gasteiger partial charge is 0.325 e. The van der Waals surface area contributed by atoms with E-state index < -0.39 is 12.0 Å². The van der Waals surface area contributed by atoms with E-state index >= 15 is 0 Å². The van der Waals surface area contributed by atoms with E-state index in [1.807, 2.05) is 26.0 Å². The summed E-state index contributed by atoms with van der Waals surface area (Å²) < 4.78 is 0. The topological polar surface area (TPSA) is 47.0 Å². The third kappa shape index (κ3) is 5.03. The number of benzene rings is 1. The van der Waals surface area contributed by atoms with Crippen LogP contribution in [0.1, 0.15) is 29.2 Å². The molecule has 5 heteroatoms. The van der Waals surface area contributed by atoms with E-state index in [1.165, 1.54) is 5.56 Å². The minimum atomic E-state index is -0.747. The van der Waals surface area contributed by atoms with Crippen LogP contribution in [0.4, 0.5) is 0 Å². The third-order valence-electron chi connectivity index (χ3n) is 4.81. The molecule has 5 nitrogen and oxygen atoms in total. The molecule has 0 amide bonds. The SMILES string of the molecule is Cc1ccc([C@@H](C(=O)O)N2CCN(CCCN(C)C)CC2)c(C)c1. The van der Waals surface area contributed by atoms with Crippen molar-refractivity contribution < 1.29 is 9.90 Å². The Bertz CT molecular complexity index is 552. The first-order valence-electron chi connectivity index (χ1n) is 8.79. The largest absolute Gasteiger partial charge is 0.480 e. The molecule has 1 aliphatic heterocycles. The van der Waals surface area contributed by atoms with Gasteiger partial charge in [-0.2, -0.15) is 0 Å². The van der Waals surface area contributed by atoms with Crippen molar-refractivity contribution in [2.45, 2.75) is 26.3 Å². The van der Waals surface area contributed by atoms with Gasteiger partial charge in [0.15, 0.2) is 0 Å². The molecule has 0 spiro atoms. The van der Waals surface area contributed by atoms with Gasteiger partial charge in [-0.15, -0.1) is 0 Å². The maximum absolute atomic E-state index is 11.9. The van der Waals surface area contributed by atoms with Crippen LogP contribution in [0.5, 0.6) is 0 Å². The summed E-state index contributed by atoms with van der Waals surface area (Å²) in [4.78, 5) is 18.7. The number of hydrogen-bond donors (Lipinski definition) is 1. The monoisotopic (exact) mass is 333 g/mol. The van der Waals surface area contributed by atoms with E-state index in [1.54, 1.807) is 0 Å². The third-order valence-corrected chi connectivity index (χ3v) is 4.81. The van der Waals surface area contributed by atoms with Crippen molar-refractivity contribution in [3.8, 4) is 0 Å². The molecule has 0 radical (unpaired) electrons. The number of carbonyl (C=O) groups is 1. The zero-order chi connectivity index (χ0) is 17.7. The predicted octanol–water partition coefficient (Wildman–Crippen LogP) is 2.00. The van der Waals surface area contributed by atoms with E-state index in [-0.39, 0.29) is 0 Å². The van der Waals surface area contributed by atoms with E-state index in [0.29, 0.717) is 0 Å². The Kier molecular flexibility index (Phi) is 6.78. The fraction of sp³-hybridized carbons (Fsp3) is 0.632. The van der Waals surface area contributed by atoms with Crippen LogP contribution in [0.25, 0.3) is 0 Å². The average molecular weight is 333 g/mol. The summed E-state index contributed by atoms with van der Waals surface area (Å²) in [5.74, 6) is -0.747. The van der Waals surface area contributed by atoms with Gasteiger partial charge in [-0.05, 0) is 58.6 Å². The number of carboxylic acids is 1. The first kappa shape index (κ1) is 18.9. The molecule has 2 rings (SSSR count). The molecule has 0 bridgehead atoms. The fourth-order valence-corrected chi connectivity index (χ4v) is 3.47. The highest BCUT2D eigenvalue weighted by Gasteiger charge is 2.31. The number of aryl methyl sites for hydroxylation is 2. The lowest BCUT2D eigenvalue weighted by molar-refractivity contribution is -0.144. The van der Waals surface area contributed by atoms with Crippen LogP contribution in [0, 0.1) is 13.8 Å². The van der Waals surface area contributed by atoms with Gasteiger partial charge < -0.3 is 14.9 Å². The quantitative estimate of drug-likeness (QED) is 0.827. The van der Waals surface area contributed by atoms with E-state index in [0.717, 1.165) is 56.8 Å². The van der Waals surface area contributed by atoms with Gasteiger partial charge in [0.1, 0.15) is 6.04 Å². The first-order valence-corrected chi connectivity index (χ1v) is 8.79. The summed E-state index contributed by atoms with van der Waals surface area (Å²) >= 11 is 0. The van der Waals surface area contributed by atoms with Gasteiger partial charge in [0, 0.05) is 26.2 Å². The molecule has 0 aromatic heterocycles. The van der Waals surface area contributed by atoms with E-state index in [9.17, 15) is 9.90 Å². The van der Waals surface area contributed by atoms with Crippen molar-refractivity contribution in [1.82, 2.24) is 14.7 Å². The zero-order valence-corrected chi connectivity index (χ0v) is 15.5. The standard InChI is InChI=1S/C19H31N3O2/c1-15-6-7-17(16(2)14-15)18(19(23)24)22-12-10-21(11-13-22)9-5-8-20(3)4/h6-7,14,18H,5,8-13H2,1-4H3,(H,23,24)/t18-/m0/s1. The van der Waals surface area contributed by atoms with Crippen LogP contribution >= 0.6 is 0 Å². The molecule has 1 atom stereocenters. The molecule has 134 valence electrons. The van der Waals surface area contributed by atoms with E-state index in [2.05, 4.69) is 34.9 Å². The number of carboxylic acid groups (broad SMARTS) is 1. The Morgan fingerprint density at radius 3 is 2.42 bits per heavy atom. The minimum Gasteiger partial charge on any atom is -0.480 e. The van der Waals surface area contributed by atoms with Crippen molar-refractivity contribution in [2.24, 2.45) is 0 Å². The first-order chi connectivity index (χ1) is 11.4. The summed E-state index contributed by atoms with van der Waals surface area (Å²) in [5, 5.41) is 9.78. The van der Waals surface area contributed by atoms with Gasteiger partial charge in [-0.25, -0.2) is 0 Å². The molecule has 0 unspecified atom stereocenters. The second kappa shape index (κ2) is 8.60. The van der Waals surface area contributed by atoms with Gasteiger partial charge in [-0.3, -0.25) is 9.69 Å². The minimum absolute atomic E-state index is 0.533. The van der Waals surface area contributed by atoms with Crippen LogP contribution in [0.2, 0.25) is 0 Å². The van der Waals surface area contributed by atoms with Gasteiger partial charge in [0.2, 0.25) is 0 Å². The summed E-state index contributed by atoms with van der Waals surface area (Å²) in [7, 11) is 4.19. The molecule has 1 aromatic rings. The lowest BCUT2D eigenvalue weighted by Gasteiger charge is -2.38. The normalized spacial score (nSPS) is 18.0. The molecule has 0 aliphatic carbocycles. The molecule has 0 saturated carbocycles. The number of piperazine rings is 1. The predicted molar refractivity (Wildman–Crippen MR) is 97.5 cm³/mol. The Balaban J connectivity index is 1.98. The summed E-state index contributed by atoms with van der Waals surface area (Å²) in [6, 6.07) is 5.53. The van der Waals surface area contributed by atoms with Gasteiger partial charge in [0.05, 0.1) is 0 Å².